The van der Waals surface area contributed by atoms with Gasteiger partial charge in [0.15, 0.2) is 0 Å². The van der Waals surface area contributed by atoms with Crippen molar-refractivity contribution in [2.75, 3.05) is 0 Å². The fourth-order valence-electron chi connectivity index (χ4n) is 2.39. The van der Waals surface area contributed by atoms with Gasteiger partial charge in [-0.15, -0.1) is 0 Å². The molecule has 1 heterocycles. The Labute approximate surface area is 178 Å². The molecule has 1 aromatic rings. The van der Waals surface area contributed by atoms with Gasteiger partial charge in [-0.2, -0.15) is 0 Å². The lowest BCUT2D eigenvalue weighted by atomic mass is 10.1. The maximum Gasteiger partial charge on any atom is 0.326 e. The normalized spacial score (nSPS) is 16.9. The molecular weight excluding hydrogens is 444 g/mol. The molecule has 0 aliphatic carbocycles. The monoisotopic (exact) mass is 456 g/mol. The van der Waals surface area contributed by atoms with Gasteiger partial charge in [0.25, 0.3) is 11.6 Å². The number of halogens is 1. The summed E-state index contributed by atoms with van der Waals surface area (Å²) in [4.78, 5) is 45.9. The molecule has 9 nitrogen and oxygen atoms in total. The van der Waals surface area contributed by atoms with Crippen molar-refractivity contribution >= 4 is 69.5 Å². The molecule has 1 aromatic carbocycles. The second-order valence-corrected chi connectivity index (χ2v) is 7.83. The van der Waals surface area contributed by atoms with Crippen molar-refractivity contribution in [2.24, 2.45) is 0 Å². The van der Waals surface area contributed by atoms with E-state index < -0.39 is 35.2 Å². The largest absolute Gasteiger partial charge is 0.481 e. The number of nitro benzene ring substituents is 1. The Morgan fingerprint density at radius 2 is 1.93 bits per heavy atom. The number of carbonyl (C=O) groups excluding carboxylic acids is 1. The zero-order valence-corrected chi connectivity index (χ0v) is 16.9. The lowest BCUT2D eigenvalue weighted by Crippen LogP contribution is -2.44. The maximum absolute atomic E-state index is 12.6. The Hall–Kier alpha value is -2.76. The third-order valence-electron chi connectivity index (χ3n) is 3.73. The van der Waals surface area contributed by atoms with Gasteiger partial charge in [0.1, 0.15) is 10.4 Å². The first-order valence-corrected chi connectivity index (χ1v) is 9.53. The summed E-state index contributed by atoms with van der Waals surface area (Å²) in [6, 6.07) is 4.16. The maximum atomic E-state index is 12.6. The molecule has 2 rings (SSSR count). The quantitative estimate of drug-likeness (QED) is 0.261. The number of nitro groups is 1. The van der Waals surface area contributed by atoms with Gasteiger partial charge in [-0.3, -0.25) is 24.6 Å². The van der Waals surface area contributed by atoms with Gasteiger partial charge in [-0.25, -0.2) is 4.79 Å². The Kier molecular flexibility index (Phi) is 7.48. The van der Waals surface area contributed by atoms with Crippen molar-refractivity contribution in [2.45, 2.75) is 18.9 Å². The molecule has 0 radical (unpaired) electrons. The van der Waals surface area contributed by atoms with Crippen LogP contribution >= 0.6 is 35.6 Å². The Bertz CT molecular complexity index is 944. The third kappa shape index (κ3) is 5.86. The van der Waals surface area contributed by atoms with E-state index >= 15 is 0 Å². The van der Waals surface area contributed by atoms with Crippen molar-refractivity contribution in [1.29, 1.82) is 0 Å². The number of rotatable bonds is 8. The van der Waals surface area contributed by atoms with Crippen LogP contribution in [-0.4, -0.2) is 48.2 Å². The summed E-state index contributed by atoms with van der Waals surface area (Å²) in [7, 11) is 0. The number of hydrogen-bond acceptors (Lipinski definition) is 7. The minimum atomic E-state index is -1.40. The summed E-state index contributed by atoms with van der Waals surface area (Å²) in [6.07, 6.45) is 2.04. The summed E-state index contributed by atoms with van der Waals surface area (Å²) in [5.41, 5.74) is 0.470. The molecule has 0 saturated carbocycles. The lowest BCUT2D eigenvalue weighted by Gasteiger charge is -2.22. The van der Waals surface area contributed by atoms with E-state index in [9.17, 15) is 29.6 Å². The molecule has 0 unspecified atom stereocenters. The molecule has 2 N–H and O–H groups in total. The molecule has 152 valence electrons. The first kappa shape index (κ1) is 22.5. The summed E-state index contributed by atoms with van der Waals surface area (Å²) in [5, 5.41) is 28.9. The van der Waals surface area contributed by atoms with Crippen LogP contribution in [0.4, 0.5) is 5.69 Å². The summed E-state index contributed by atoms with van der Waals surface area (Å²) >= 11 is 12.1. The number of hydrogen-bond donors (Lipinski definition) is 2. The average molecular weight is 457 g/mol. The molecule has 0 aromatic heterocycles. The van der Waals surface area contributed by atoms with Crippen LogP contribution in [0.2, 0.25) is 0 Å². The van der Waals surface area contributed by atoms with E-state index in [-0.39, 0.29) is 26.4 Å². The topological polar surface area (TPSA) is 138 Å². The van der Waals surface area contributed by atoms with Gasteiger partial charge in [0, 0.05) is 23.6 Å². The molecule has 1 atom stereocenters. The zero-order valence-electron chi connectivity index (χ0n) is 14.5. The predicted molar refractivity (Wildman–Crippen MR) is 110 cm³/mol. The number of benzene rings is 1. The number of thioether (sulfide) groups is 1. The Morgan fingerprint density at radius 3 is 2.45 bits per heavy atom. The van der Waals surface area contributed by atoms with Gasteiger partial charge in [-0.1, -0.05) is 35.6 Å². The molecule has 12 heteroatoms. The molecule has 29 heavy (non-hydrogen) atoms. The third-order valence-corrected chi connectivity index (χ3v) is 5.28. The minimum absolute atomic E-state index is 0.0150. The van der Waals surface area contributed by atoms with E-state index in [1.807, 2.05) is 0 Å². The highest BCUT2D eigenvalue weighted by molar-refractivity contribution is 8.26. The molecule has 1 fully saturated rings. The number of carboxylic acids is 2. The van der Waals surface area contributed by atoms with Crippen molar-refractivity contribution in [3.8, 4) is 0 Å². The lowest BCUT2D eigenvalue weighted by molar-refractivity contribution is -0.384. The van der Waals surface area contributed by atoms with Crippen LogP contribution in [0.5, 0.6) is 0 Å². The van der Waals surface area contributed by atoms with Gasteiger partial charge < -0.3 is 10.2 Å². The van der Waals surface area contributed by atoms with Crippen LogP contribution in [0, 0.1) is 10.1 Å². The SMILES string of the molecule is O=C(O)CC[C@H](C(=O)O)N1C(=O)/C(=C/C(Cl)=C/c2ccc([N+](=O)[O-])cc2)SC1=S. The second kappa shape index (κ2) is 9.63. The average Bonchev–Trinajstić information content (AvgIpc) is 2.89. The number of aliphatic carboxylic acids is 2. The smallest absolute Gasteiger partial charge is 0.326 e. The fraction of sp³-hybridized carbons (Fsp3) is 0.176. The van der Waals surface area contributed by atoms with Crippen molar-refractivity contribution in [3.05, 3.63) is 56.0 Å². The van der Waals surface area contributed by atoms with E-state index in [0.29, 0.717) is 5.56 Å². The van der Waals surface area contributed by atoms with E-state index in [0.717, 1.165) is 16.7 Å². The van der Waals surface area contributed by atoms with Crippen molar-refractivity contribution in [3.63, 3.8) is 0 Å². The van der Waals surface area contributed by atoms with Crippen molar-refractivity contribution < 1.29 is 29.5 Å². The number of carbonyl (C=O) groups is 3. The fourth-order valence-corrected chi connectivity index (χ4v) is 4.04. The number of amides is 1. The first-order valence-electron chi connectivity index (χ1n) is 7.93. The summed E-state index contributed by atoms with van der Waals surface area (Å²) in [5.74, 6) is -3.24. The van der Waals surface area contributed by atoms with Gasteiger partial charge in [-0.05, 0) is 36.3 Å². The number of non-ortho nitro benzene ring substituents is 1. The Morgan fingerprint density at radius 1 is 1.31 bits per heavy atom. The van der Waals surface area contributed by atoms with Crippen LogP contribution in [0.1, 0.15) is 18.4 Å². The number of nitrogens with zero attached hydrogens (tertiary/aromatic N) is 2. The molecule has 1 amide bonds. The number of thiocarbonyl (C=S) groups is 1. The number of allylic oxidation sites excluding steroid dienone is 2. The van der Waals surface area contributed by atoms with E-state index in [2.05, 4.69) is 0 Å². The molecule has 1 aliphatic rings. The van der Waals surface area contributed by atoms with Crippen LogP contribution in [-0.2, 0) is 14.4 Å². The highest BCUT2D eigenvalue weighted by atomic mass is 35.5. The predicted octanol–water partition coefficient (Wildman–Crippen LogP) is 3.24. The second-order valence-electron chi connectivity index (χ2n) is 5.72. The van der Waals surface area contributed by atoms with Crippen LogP contribution in [0.25, 0.3) is 6.08 Å². The van der Waals surface area contributed by atoms with Crippen LogP contribution in [0.3, 0.4) is 0 Å². The first-order chi connectivity index (χ1) is 13.6. The summed E-state index contributed by atoms with van der Waals surface area (Å²) < 4.78 is -0.0150. The van der Waals surface area contributed by atoms with E-state index in [4.69, 9.17) is 28.9 Å². The molecule has 0 bridgehead atoms. The standard InChI is InChI=1S/C17H13ClN2O7S2/c18-10(7-9-1-3-11(4-2-9)20(26)27)8-13-15(23)19(17(28)29-13)12(16(24)25)5-6-14(21)22/h1-4,7-8,12H,5-6H2,(H,21,22)(H,24,25)/b10-7-,13-8-/t12-/m1/s1. The van der Waals surface area contributed by atoms with Crippen LogP contribution < -0.4 is 0 Å². The van der Waals surface area contributed by atoms with Gasteiger partial charge in [0.05, 0.1) is 9.83 Å². The van der Waals surface area contributed by atoms with E-state index in [1.54, 1.807) is 0 Å². The molecule has 1 saturated heterocycles. The van der Waals surface area contributed by atoms with Gasteiger partial charge in [0.2, 0.25) is 0 Å². The van der Waals surface area contributed by atoms with E-state index in [1.165, 1.54) is 36.4 Å². The highest BCUT2D eigenvalue weighted by Gasteiger charge is 2.40. The van der Waals surface area contributed by atoms with Crippen LogP contribution in [0.15, 0.2) is 40.3 Å². The molecule has 0 spiro atoms. The minimum Gasteiger partial charge on any atom is -0.481 e. The highest BCUT2D eigenvalue weighted by Crippen LogP contribution is 2.35. The molecular formula is C17H13ClN2O7S2. The molecule has 1 aliphatic heterocycles. The van der Waals surface area contributed by atoms with Gasteiger partial charge >= 0.3 is 11.9 Å². The Balaban J connectivity index is 2.22. The summed E-state index contributed by atoms with van der Waals surface area (Å²) in [6.45, 7) is 0. The van der Waals surface area contributed by atoms with Crippen molar-refractivity contribution in [1.82, 2.24) is 4.90 Å². The number of carboxylic acid groups (broad SMARTS) is 2. The zero-order chi connectivity index (χ0) is 21.7.